The molecule has 0 saturated heterocycles. The highest BCUT2D eigenvalue weighted by atomic mass is 16.5. The largest absolute Gasteiger partial charge is 0.374 e. The lowest BCUT2D eigenvalue weighted by atomic mass is 10.1. The van der Waals surface area contributed by atoms with Crippen molar-refractivity contribution in [3.8, 4) is 0 Å². The smallest absolute Gasteiger partial charge is 0.250 e. The van der Waals surface area contributed by atoms with E-state index in [1.165, 1.54) is 6.33 Å². The Kier molecular flexibility index (Phi) is 9.75. The Morgan fingerprint density at radius 2 is 1.71 bits per heavy atom. The average Bonchev–Trinajstić information content (AvgIpc) is 3.33. The van der Waals surface area contributed by atoms with E-state index in [9.17, 15) is 14.4 Å². The number of ether oxygens (including phenoxy) is 1. The summed E-state index contributed by atoms with van der Waals surface area (Å²) in [4.78, 5) is 44.2. The molecule has 4 N–H and O–H groups in total. The number of hydrogen-bond acceptors (Lipinski definition) is 6. The lowest BCUT2D eigenvalue weighted by Crippen LogP contribution is -2.56. The summed E-state index contributed by atoms with van der Waals surface area (Å²) in [5, 5.41) is 5.34. The normalized spacial score (nSPS) is 12.9. The predicted molar refractivity (Wildman–Crippen MR) is 145 cm³/mol. The fourth-order valence-corrected chi connectivity index (χ4v) is 3.56. The standard InChI is InChI=1S/C28H36N6O4/c1-20(22-13-9-6-10-14-22)33(4)25(35)16-34-15-24(30-19-34)32-26(36)23(31-27(37)28(2,3)29)18-38-17-21-11-7-5-8-12-21/h5-15,19-20,23H,16-18,29H2,1-4H3,(H,31,37)(H,32,36). The van der Waals surface area contributed by atoms with E-state index in [1.807, 2.05) is 67.6 Å². The van der Waals surface area contributed by atoms with Gasteiger partial charge in [-0.25, -0.2) is 4.98 Å². The third kappa shape index (κ3) is 8.25. The lowest BCUT2D eigenvalue weighted by molar-refractivity contribution is -0.132. The van der Waals surface area contributed by atoms with E-state index >= 15 is 0 Å². The molecule has 0 saturated carbocycles. The summed E-state index contributed by atoms with van der Waals surface area (Å²) in [5.74, 6) is -0.869. The number of nitrogens with two attached hydrogens (primary N) is 1. The quantitative estimate of drug-likeness (QED) is 0.336. The van der Waals surface area contributed by atoms with Crippen LogP contribution in [0.1, 0.15) is 37.9 Å². The topological polar surface area (TPSA) is 132 Å². The first kappa shape index (κ1) is 28.5. The van der Waals surface area contributed by atoms with E-state index in [-0.39, 0.29) is 37.5 Å². The number of hydrogen-bond donors (Lipinski definition) is 3. The SMILES string of the molecule is CC(c1ccccc1)N(C)C(=O)Cn1cnc(NC(=O)C(COCc2ccccc2)NC(=O)C(C)(C)N)c1. The minimum Gasteiger partial charge on any atom is -0.374 e. The van der Waals surface area contributed by atoms with Crippen LogP contribution in [0.5, 0.6) is 0 Å². The maximum atomic E-state index is 13.0. The van der Waals surface area contributed by atoms with E-state index in [0.717, 1.165) is 11.1 Å². The van der Waals surface area contributed by atoms with E-state index < -0.39 is 23.4 Å². The van der Waals surface area contributed by atoms with Crippen LogP contribution in [0.4, 0.5) is 5.82 Å². The third-order valence-corrected chi connectivity index (χ3v) is 6.06. The minimum atomic E-state index is -1.18. The zero-order chi connectivity index (χ0) is 27.7. The second-order valence-corrected chi connectivity index (χ2v) is 9.76. The number of carbonyl (C=O) groups excluding carboxylic acids is 3. The Bertz CT molecular complexity index is 1210. The molecule has 0 fully saturated rings. The van der Waals surface area contributed by atoms with Gasteiger partial charge in [0.15, 0.2) is 5.82 Å². The number of benzene rings is 2. The second-order valence-electron chi connectivity index (χ2n) is 9.76. The number of anilines is 1. The van der Waals surface area contributed by atoms with Crippen LogP contribution in [0, 0.1) is 0 Å². The molecule has 0 spiro atoms. The fourth-order valence-electron chi connectivity index (χ4n) is 3.56. The Balaban J connectivity index is 1.60. The molecule has 0 radical (unpaired) electrons. The summed E-state index contributed by atoms with van der Waals surface area (Å²) >= 11 is 0. The van der Waals surface area contributed by atoms with Gasteiger partial charge in [-0.1, -0.05) is 60.7 Å². The molecule has 38 heavy (non-hydrogen) atoms. The zero-order valence-electron chi connectivity index (χ0n) is 22.3. The molecule has 3 amide bonds. The summed E-state index contributed by atoms with van der Waals surface area (Å²) in [7, 11) is 1.75. The Hall–Kier alpha value is -4.02. The summed E-state index contributed by atoms with van der Waals surface area (Å²) in [6.45, 7) is 5.33. The molecular formula is C28H36N6O4. The number of nitrogens with one attached hydrogen (secondary N) is 2. The molecule has 10 nitrogen and oxygen atoms in total. The number of nitrogens with zero attached hydrogens (tertiary/aromatic N) is 3. The molecule has 3 rings (SSSR count). The first-order chi connectivity index (χ1) is 18.0. The van der Waals surface area contributed by atoms with Gasteiger partial charge in [-0.3, -0.25) is 14.4 Å². The maximum absolute atomic E-state index is 13.0. The number of carbonyl (C=O) groups is 3. The number of aromatic nitrogens is 2. The molecule has 0 aliphatic carbocycles. The maximum Gasteiger partial charge on any atom is 0.250 e. The van der Waals surface area contributed by atoms with Crippen molar-refractivity contribution in [2.24, 2.45) is 5.73 Å². The molecule has 202 valence electrons. The van der Waals surface area contributed by atoms with E-state index in [4.69, 9.17) is 10.5 Å². The molecular weight excluding hydrogens is 484 g/mol. The highest BCUT2D eigenvalue weighted by Gasteiger charge is 2.28. The van der Waals surface area contributed by atoms with Gasteiger partial charge >= 0.3 is 0 Å². The first-order valence-corrected chi connectivity index (χ1v) is 12.4. The van der Waals surface area contributed by atoms with Gasteiger partial charge in [0.1, 0.15) is 12.6 Å². The van der Waals surface area contributed by atoms with Crippen molar-refractivity contribution in [1.29, 1.82) is 0 Å². The molecule has 0 aliphatic rings. The lowest BCUT2D eigenvalue weighted by Gasteiger charge is -2.25. The summed E-state index contributed by atoms with van der Waals surface area (Å²) in [5.41, 5.74) is 6.69. The Morgan fingerprint density at radius 1 is 1.08 bits per heavy atom. The van der Waals surface area contributed by atoms with Crippen LogP contribution in [0.3, 0.4) is 0 Å². The van der Waals surface area contributed by atoms with E-state index in [2.05, 4.69) is 15.6 Å². The van der Waals surface area contributed by atoms with Crippen LogP contribution in [-0.4, -0.2) is 57.4 Å². The van der Waals surface area contributed by atoms with Gasteiger partial charge in [0.05, 0.1) is 31.1 Å². The summed E-state index contributed by atoms with van der Waals surface area (Å²) < 4.78 is 7.30. The van der Waals surface area contributed by atoms with Crippen molar-refractivity contribution in [2.75, 3.05) is 19.0 Å². The molecule has 10 heteroatoms. The van der Waals surface area contributed by atoms with E-state index in [0.29, 0.717) is 0 Å². The molecule has 2 atom stereocenters. The van der Waals surface area contributed by atoms with Gasteiger partial charge in [0.2, 0.25) is 11.8 Å². The Morgan fingerprint density at radius 3 is 2.34 bits per heavy atom. The zero-order valence-corrected chi connectivity index (χ0v) is 22.3. The average molecular weight is 521 g/mol. The molecule has 1 heterocycles. The van der Waals surface area contributed by atoms with Gasteiger partial charge in [-0.05, 0) is 31.9 Å². The molecule has 0 bridgehead atoms. The van der Waals surface area contributed by atoms with Gasteiger partial charge in [0, 0.05) is 13.2 Å². The van der Waals surface area contributed by atoms with Crippen molar-refractivity contribution in [3.05, 3.63) is 84.3 Å². The highest BCUT2D eigenvalue weighted by molar-refractivity contribution is 5.98. The van der Waals surface area contributed by atoms with Crippen molar-refractivity contribution in [2.45, 2.75) is 51.5 Å². The van der Waals surface area contributed by atoms with Crippen LogP contribution in [0.2, 0.25) is 0 Å². The fraction of sp³-hybridized carbons (Fsp3) is 0.357. The Labute approximate surface area is 223 Å². The van der Waals surface area contributed by atoms with Gasteiger partial charge in [0.25, 0.3) is 5.91 Å². The molecule has 2 unspecified atom stereocenters. The van der Waals surface area contributed by atoms with Gasteiger partial charge < -0.3 is 30.6 Å². The third-order valence-electron chi connectivity index (χ3n) is 6.06. The number of rotatable bonds is 12. The molecule has 1 aromatic heterocycles. The number of likely N-dealkylation sites (N-methyl/N-ethyl adjacent to an activating group) is 1. The molecule has 2 aromatic carbocycles. The van der Waals surface area contributed by atoms with Crippen molar-refractivity contribution >= 4 is 23.5 Å². The van der Waals surface area contributed by atoms with Gasteiger partial charge in [-0.15, -0.1) is 0 Å². The second kappa shape index (κ2) is 13.0. The van der Waals surface area contributed by atoms with E-state index in [1.54, 1.807) is 36.6 Å². The van der Waals surface area contributed by atoms with Crippen LogP contribution in [0.25, 0.3) is 0 Å². The van der Waals surface area contributed by atoms with Gasteiger partial charge in [-0.2, -0.15) is 0 Å². The summed E-state index contributed by atoms with van der Waals surface area (Å²) in [6.07, 6.45) is 3.03. The number of amides is 3. The predicted octanol–water partition coefficient (Wildman–Crippen LogP) is 2.48. The molecule has 3 aromatic rings. The first-order valence-electron chi connectivity index (χ1n) is 12.4. The van der Waals surface area contributed by atoms with Crippen LogP contribution in [-0.2, 0) is 32.3 Å². The summed E-state index contributed by atoms with van der Waals surface area (Å²) in [6, 6.07) is 18.2. The van der Waals surface area contributed by atoms with Crippen molar-refractivity contribution in [3.63, 3.8) is 0 Å². The molecule has 0 aliphatic heterocycles. The van der Waals surface area contributed by atoms with Crippen LogP contribution < -0.4 is 16.4 Å². The van der Waals surface area contributed by atoms with Crippen molar-refractivity contribution in [1.82, 2.24) is 19.8 Å². The van der Waals surface area contributed by atoms with Crippen LogP contribution >= 0.6 is 0 Å². The van der Waals surface area contributed by atoms with Crippen molar-refractivity contribution < 1.29 is 19.1 Å². The highest BCUT2D eigenvalue weighted by Crippen LogP contribution is 2.18. The minimum absolute atomic E-state index is 0.0538. The monoisotopic (exact) mass is 520 g/mol. The van der Waals surface area contributed by atoms with Crippen LogP contribution in [0.15, 0.2) is 73.2 Å². The number of imidazole rings is 1.